The number of likely N-dealkylation sites (tertiary alicyclic amines) is 1. The Morgan fingerprint density at radius 3 is 2.90 bits per heavy atom. The van der Waals surface area contributed by atoms with Crippen LogP contribution in [0, 0.1) is 17.2 Å². The summed E-state index contributed by atoms with van der Waals surface area (Å²) in [5.41, 5.74) is 0.673. The molecule has 2 saturated heterocycles. The number of rotatable bonds is 4. The standard InChI is InChI=1S/C16H21N3O/c17-10-13-3-5-15(6-4-13)20-9-8-19-11-14-2-1-7-18-16(14)12-19/h3-6,14,16,18H,1-2,7-9,11-12H2. The van der Waals surface area contributed by atoms with E-state index in [4.69, 9.17) is 10.00 Å². The number of hydrogen-bond donors (Lipinski definition) is 1. The number of nitrogens with zero attached hydrogens (tertiary/aromatic N) is 2. The van der Waals surface area contributed by atoms with Crippen molar-refractivity contribution in [3.63, 3.8) is 0 Å². The summed E-state index contributed by atoms with van der Waals surface area (Å²) in [6.45, 7) is 5.23. The van der Waals surface area contributed by atoms with Crippen molar-refractivity contribution in [3.8, 4) is 11.8 Å². The molecular weight excluding hydrogens is 250 g/mol. The summed E-state index contributed by atoms with van der Waals surface area (Å²) >= 11 is 0. The monoisotopic (exact) mass is 271 g/mol. The zero-order chi connectivity index (χ0) is 13.8. The Morgan fingerprint density at radius 2 is 2.15 bits per heavy atom. The van der Waals surface area contributed by atoms with Gasteiger partial charge in [-0.15, -0.1) is 0 Å². The normalized spacial score (nSPS) is 25.9. The summed E-state index contributed by atoms with van der Waals surface area (Å²) in [4.78, 5) is 2.50. The van der Waals surface area contributed by atoms with Crippen molar-refractivity contribution < 1.29 is 4.74 Å². The lowest BCUT2D eigenvalue weighted by molar-refractivity contribution is 0.232. The fourth-order valence-corrected chi connectivity index (χ4v) is 3.24. The second kappa shape index (κ2) is 6.25. The minimum Gasteiger partial charge on any atom is -0.492 e. The fourth-order valence-electron chi connectivity index (χ4n) is 3.24. The van der Waals surface area contributed by atoms with Crippen LogP contribution in [0.25, 0.3) is 0 Å². The number of hydrogen-bond acceptors (Lipinski definition) is 4. The summed E-state index contributed by atoms with van der Waals surface area (Å²) in [6, 6.07) is 10.1. The molecule has 0 bridgehead atoms. The molecule has 3 rings (SSSR count). The Morgan fingerprint density at radius 1 is 1.30 bits per heavy atom. The lowest BCUT2D eigenvalue weighted by Crippen LogP contribution is -2.40. The maximum atomic E-state index is 8.75. The van der Waals surface area contributed by atoms with E-state index in [1.807, 2.05) is 12.1 Å². The van der Waals surface area contributed by atoms with E-state index < -0.39 is 0 Å². The van der Waals surface area contributed by atoms with Crippen LogP contribution in [0.4, 0.5) is 0 Å². The number of nitrogens with one attached hydrogen (secondary N) is 1. The number of benzene rings is 1. The van der Waals surface area contributed by atoms with Crippen LogP contribution in [0.2, 0.25) is 0 Å². The van der Waals surface area contributed by atoms with E-state index in [-0.39, 0.29) is 0 Å². The quantitative estimate of drug-likeness (QED) is 0.904. The van der Waals surface area contributed by atoms with Crippen LogP contribution in [0.5, 0.6) is 5.75 Å². The van der Waals surface area contributed by atoms with E-state index in [1.54, 1.807) is 12.1 Å². The van der Waals surface area contributed by atoms with E-state index >= 15 is 0 Å². The average molecular weight is 271 g/mol. The largest absolute Gasteiger partial charge is 0.492 e. The van der Waals surface area contributed by atoms with Crippen LogP contribution < -0.4 is 10.1 Å². The van der Waals surface area contributed by atoms with Gasteiger partial charge in [0.1, 0.15) is 12.4 Å². The molecule has 2 fully saturated rings. The zero-order valence-electron chi connectivity index (χ0n) is 11.7. The number of ether oxygens (including phenoxy) is 1. The van der Waals surface area contributed by atoms with Gasteiger partial charge in [-0.25, -0.2) is 0 Å². The van der Waals surface area contributed by atoms with Crippen molar-refractivity contribution in [1.29, 1.82) is 5.26 Å². The van der Waals surface area contributed by atoms with Gasteiger partial charge in [0.05, 0.1) is 11.6 Å². The van der Waals surface area contributed by atoms with Gasteiger partial charge in [0.2, 0.25) is 0 Å². The van der Waals surface area contributed by atoms with Gasteiger partial charge in [-0.1, -0.05) is 0 Å². The summed E-state index contributed by atoms with van der Waals surface area (Å²) in [5.74, 6) is 1.68. The Balaban J connectivity index is 1.42. The molecule has 2 aliphatic rings. The van der Waals surface area contributed by atoms with Crippen LogP contribution >= 0.6 is 0 Å². The zero-order valence-corrected chi connectivity index (χ0v) is 11.7. The fraction of sp³-hybridized carbons (Fsp3) is 0.562. The van der Waals surface area contributed by atoms with Gasteiger partial charge in [-0.2, -0.15) is 5.26 Å². The molecule has 2 unspecified atom stereocenters. The Labute approximate surface area is 120 Å². The van der Waals surface area contributed by atoms with Crippen LogP contribution in [-0.2, 0) is 0 Å². The Bertz CT molecular complexity index is 465. The lowest BCUT2D eigenvalue weighted by Gasteiger charge is -2.24. The van der Waals surface area contributed by atoms with Crippen molar-refractivity contribution in [2.75, 3.05) is 32.8 Å². The van der Waals surface area contributed by atoms with E-state index in [9.17, 15) is 0 Å². The van der Waals surface area contributed by atoms with Crippen molar-refractivity contribution in [1.82, 2.24) is 10.2 Å². The van der Waals surface area contributed by atoms with Gasteiger partial charge < -0.3 is 10.1 Å². The summed E-state index contributed by atoms with van der Waals surface area (Å²) < 4.78 is 5.75. The highest BCUT2D eigenvalue weighted by Gasteiger charge is 2.33. The molecule has 0 amide bonds. The first-order valence-corrected chi connectivity index (χ1v) is 7.44. The highest BCUT2D eigenvalue weighted by molar-refractivity contribution is 5.34. The van der Waals surface area contributed by atoms with Crippen LogP contribution in [-0.4, -0.2) is 43.7 Å². The minimum absolute atomic E-state index is 0.673. The smallest absolute Gasteiger partial charge is 0.119 e. The van der Waals surface area contributed by atoms with Crippen molar-refractivity contribution in [2.45, 2.75) is 18.9 Å². The van der Waals surface area contributed by atoms with Crippen LogP contribution in [0.1, 0.15) is 18.4 Å². The van der Waals surface area contributed by atoms with Crippen molar-refractivity contribution >= 4 is 0 Å². The second-order valence-electron chi connectivity index (χ2n) is 5.71. The predicted octanol–water partition coefficient (Wildman–Crippen LogP) is 1.62. The van der Waals surface area contributed by atoms with Gasteiger partial charge >= 0.3 is 0 Å². The summed E-state index contributed by atoms with van der Waals surface area (Å²) in [6.07, 6.45) is 2.68. The molecule has 0 radical (unpaired) electrons. The molecule has 106 valence electrons. The first-order chi connectivity index (χ1) is 9.85. The van der Waals surface area contributed by atoms with E-state index in [0.717, 1.165) is 24.8 Å². The SMILES string of the molecule is N#Cc1ccc(OCCN2CC3CCCNC3C2)cc1. The molecule has 2 heterocycles. The molecule has 2 atom stereocenters. The van der Waals surface area contributed by atoms with Crippen molar-refractivity contribution in [2.24, 2.45) is 5.92 Å². The lowest BCUT2D eigenvalue weighted by atomic mass is 9.94. The molecular formula is C16H21N3O. The minimum atomic E-state index is 0.673. The van der Waals surface area contributed by atoms with Gasteiger partial charge in [0.15, 0.2) is 0 Å². The first kappa shape index (κ1) is 13.4. The summed E-state index contributed by atoms with van der Waals surface area (Å²) in [5, 5.41) is 12.4. The molecule has 0 spiro atoms. The van der Waals surface area contributed by atoms with Crippen LogP contribution in [0.15, 0.2) is 24.3 Å². The van der Waals surface area contributed by atoms with Gasteiger partial charge in [-0.3, -0.25) is 4.90 Å². The van der Waals surface area contributed by atoms with E-state index in [2.05, 4.69) is 16.3 Å². The third-order valence-electron chi connectivity index (χ3n) is 4.33. The topological polar surface area (TPSA) is 48.3 Å². The maximum Gasteiger partial charge on any atom is 0.119 e. The molecule has 1 aromatic carbocycles. The Kier molecular flexibility index (Phi) is 4.19. The molecule has 4 nitrogen and oxygen atoms in total. The summed E-state index contributed by atoms with van der Waals surface area (Å²) in [7, 11) is 0. The maximum absolute atomic E-state index is 8.75. The molecule has 4 heteroatoms. The first-order valence-electron chi connectivity index (χ1n) is 7.44. The highest BCUT2D eigenvalue weighted by Crippen LogP contribution is 2.24. The third-order valence-corrected chi connectivity index (χ3v) is 4.33. The molecule has 1 aromatic rings. The van der Waals surface area contributed by atoms with E-state index in [0.29, 0.717) is 18.2 Å². The highest BCUT2D eigenvalue weighted by atomic mass is 16.5. The number of fused-ring (bicyclic) bond motifs is 1. The Hall–Kier alpha value is -1.57. The van der Waals surface area contributed by atoms with Gasteiger partial charge in [0.25, 0.3) is 0 Å². The van der Waals surface area contributed by atoms with Gasteiger partial charge in [-0.05, 0) is 49.6 Å². The molecule has 20 heavy (non-hydrogen) atoms. The molecule has 0 aliphatic carbocycles. The number of piperidine rings is 1. The van der Waals surface area contributed by atoms with Crippen LogP contribution in [0.3, 0.4) is 0 Å². The van der Waals surface area contributed by atoms with Crippen molar-refractivity contribution in [3.05, 3.63) is 29.8 Å². The molecule has 0 aromatic heterocycles. The third kappa shape index (κ3) is 3.12. The average Bonchev–Trinajstić information content (AvgIpc) is 2.90. The number of nitriles is 1. The molecule has 2 aliphatic heterocycles. The van der Waals surface area contributed by atoms with E-state index in [1.165, 1.54) is 25.9 Å². The predicted molar refractivity (Wildman–Crippen MR) is 77.6 cm³/mol. The molecule has 1 N–H and O–H groups in total. The van der Waals surface area contributed by atoms with Gasteiger partial charge in [0, 0.05) is 25.7 Å². The second-order valence-corrected chi connectivity index (χ2v) is 5.71. The molecule has 0 saturated carbocycles.